The van der Waals surface area contributed by atoms with Gasteiger partial charge in [0.25, 0.3) is 0 Å². The topological polar surface area (TPSA) is 44.5 Å². The fourth-order valence-corrected chi connectivity index (χ4v) is 2.74. The maximum atomic E-state index is 6.28. The number of ether oxygens (including phenoxy) is 2. The zero-order valence-corrected chi connectivity index (χ0v) is 12.3. The highest BCUT2D eigenvalue weighted by molar-refractivity contribution is 5.40. The highest BCUT2D eigenvalue weighted by Crippen LogP contribution is 2.27. The molecule has 2 N–H and O–H groups in total. The second kappa shape index (κ2) is 6.19. The molecule has 0 spiro atoms. The first-order chi connectivity index (χ1) is 10.3. The van der Waals surface area contributed by atoms with E-state index in [1.807, 2.05) is 24.3 Å². The number of aryl methyl sites for hydroxylation is 1. The molecule has 1 aliphatic heterocycles. The Hall–Kier alpha value is -2.00. The van der Waals surface area contributed by atoms with E-state index in [2.05, 4.69) is 18.2 Å². The Balaban J connectivity index is 1.61. The van der Waals surface area contributed by atoms with Crippen molar-refractivity contribution in [1.82, 2.24) is 0 Å². The van der Waals surface area contributed by atoms with Gasteiger partial charge in [-0.25, -0.2) is 0 Å². The maximum absolute atomic E-state index is 6.28. The molecular formula is C18H21NO2. The third kappa shape index (κ3) is 3.19. The SMILES string of the molecule is COc1ccc(C(N)CCc2ccc3c(c2)CCO3)cc1. The lowest BCUT2D eigenvalue weighted by Crippen LogP contribution is -2.11. The Kier molecular flexibility index (Phi) is 4.11. The molecule has 110 valence electrons. The van der Waals surface area contributed by atoms with Crippen LogP contribution >= 0.6 is 0 Å². The summed E-state index contributed by atoms with van der Waals surface area (Å²) < 4.78 is 10.7. The molecule has 0 saturated carbocycles. The summed E-state index contributed by atoms with van der Waals surface area (Å²) in [6.07, 6.45) is 2.94. The zero-order valence-electron chi connectivity index (χ0n) is 12.3. The van der Waals surface area contributed by atoms with E-state index in [4.69, 9.17) is 15.2 Å². The van der Waals surface area contributed by atoms with Gasteiger partial charge in [-0.15, -0.1) is 0 Å². The molecule has 2 aromatic rings. The van der Waals surface area contributed by atoms with Crippen LogP contribution in [0.4, 0.5) is 0 Å². The average molecular weight is 283 g/mol. The van der Waals surface area contributed by atoms with Gasteiger partial charge in [0.15, 0.2) is 0 Å². The van der Waals surface area contributed by atoms with Gasteiger partial charge in [-0.2, -0.15) is 0 Å². The molecule has 1 unspecified atom stereocenters. The Morgan fingerprint density at radius 2 is 2.00 bits per heavy atom. The van der Waals surface area contributed by atoms with Crippen LogP contribution < -0.4 is 15.2 Å². The summed E-state index contributed by atoms with van der Waals surface area (Å²) in [5, 5.41) is 0. The molecule has 1 heterocycles. The highest BCUT2D eigenvalue weighted by atomic mass is 16.5. The van der Waals surface area contributed by atoms with Gasteiger partial charge in [-0.3, -0.25) is 0 Å². The molecule has 0 amide bonds. The Morgan fingerprint density at radius 3 is 2.76 bits per heavy atom. The third-order valence-corrected chi connectivity index (χ3v) is 4.04. The molecule has 0 saturated heterocycles. The molecular weight excluding hydrogens is 262 g/mol. The molecule has 0 aliphatic carbocycles. The van der Waals surface area contributed by atoms with Crippen LogP contribution in [0.2, 0.25) is 0 Å². The van der Waals surface area contributed by atoms with E-state index in [9.17, 15) is 0 Å². The smallest absolute Gasteiger partial charge is 0.122 e. The second-order valence-corrected chi connectivity index (χ2v) is 5.46. The predicted octanol–water partition coefficient (Wildman–Crippen LogP) is 3.26. The van der Waals surface area contributed by atoms with Gasteiger partial charge in [-0.05, 0) is 47.7 Å². The Morgan fingerprint density at radius 1 is 1.19 bits per heavy atom. The van der Waals surface area contributed by atoms with E-state index in [-0.39, 0.29) is 6.04 Å². The quantitative estimate of drug-likeness (QED) is 0.916. The number of hydrogen-bond donors (Lipinski definition) is 1. The summed E-state index contributed by atoms with van der Waals surface area (Å²) in [6.45, 7) is 0.810. The number of nitrogens with two attached hydrogens (primary N) is 1. The van der Waals surface area contributed by atoms with Gasteiger partial charge < -0.3 is 15.2 Å². The van der Waals surface area contributed by atoms with Crippen LogP contribution in [0.15, 0.2) is 42.5 Å². The molecule has 21 heavy (non-hydrogen) atoms. The lowest BCUT2D eigenvalue weighted by Gasteiger charge is -2.13. The maximum Gasteiger partial charge on any atom is 0.122 e. The summed E-state index contributed by atoms with van der Waals surface area (Å²) >= 11 is 0. The van der Waals surface area contributed by atoms with Crippen LogP contribution in [0.25, 0.3) is 0 Å². The first-order valence-electron chi connectivity index (χ1n) is 7.40. The number of rotatable bonds is 5. The van der Waals surface area contributed by atoms with E-state index in [0.717, 1.165) is 42.9 Å². The summed E-state index contributed by atoms with van der Waals surface area (Å²) in [7, 11) is 1.67. The van der Waals surface area contributed by atoms with Crippen LogP contribution in [0, 0.1) is 0 Å². The summed E-state index contributed by atoms with van der Waals surface area (Å²) in [4.78, 5) is 0. The molecule has 2 aromatic carbocycles. The first-order valence-corrected chi connectivity index (χ1v) is 7.40. The van der Waals surface area contributed by atoms with Crippen molar-refractivity contribution in [1.29, 1.82) is 0 Å². The minimum absolute atomic E-state index is 0.0559. The van der Waals surface area contributed by atoms with E-state index in [0.29, 0.717) is 0 Å². The number of fused-ring (bicyclic) bond motifs is 1. The van der Waals surface area contributed by atoms with Gasteiger partial charge in [0.2, 0.25) is 0 Å². The molecule has 3 rings (SSSR count). The molecule has 0 aromatic heterocycles. The standard InChI is InChI=1S/C18H21NO2/c1-20-16-6-4-14(5-7-16)17(19)8-2-13-3-9-18-15(12-13)10-11-21-18/h3-7,9,12,17H,2,8,10-11,19H2,1H3. The van der Waals surface area contributed by atoms with Gasteiger partial charge in [0.1, 0.15) is 11.5 Å². The molecule has 3 nitrogen and oxygen atoms in total. The number of hydrogen-bond acceptors (Lipinski definition) is 3. The van der Waals surface area contributed by atoms with Crippen LogP contribution in [-0.2, 0) is 12.8 Å². The fraction of sp³-hybridized carbons (Fsp3) is 0.333. The third-order valence-electron chi connectivity index (χ3n) is 4.04. The summed E-state index contributed by atoms with van der Waals surface area (Å²) in [5.74, 6) is 1.91. The molecule has 1 atom stereocenters. The van der Waals surface area contributed by atoms with Crippen LogP contribution in [-0.4, -0.2) is 13.7 Å². The number of methoxy groups -OCH3 is 1. The van der Waals surface area contributed by atoms with Crippen molar-refractivity contribution in [2.24, 2.45) is 5.73 Å². The largest absolute Gasteiger partial charge is 0.497 e. The summed E-state index contributed by atoms with van der Waals surface area (Å²) in [6, 6.07) is 14.5. The average Bonchev–Trinajstić information content (AvgIpc) is 3.00. The monoisotopic (exact) mass is 283 g/mol. The van der Waals surface area contributed by atoms with E-state index < -0.39 is 0 Å². The minimum Gasteiger partial charge on any atom is -0.497 e. The van der Waals surface area contributed by atoms with Crippen LogP contribution in [0.3, 0.4) is 0 Å². The van der Waals surface area contributed by atoms with Crippen molar-refractivity contribution in [3.05, 3.63) is 59.2 Å². The second-order valence-electron chi connectivity index (χ2n) is 5.46. The summed E-state index contributed by atoms with van der Waals surface area (Å²) in [5.41, 5.74) is 10.1. The van der Waals surface area contributed by atoms with Gasteiger partial charge in [0.05, 0.1) is 13.7 Å². The van der Waals surface area contributed by atoms with Gasteiger partial charge in [0, 0.05) is 12.5 Å². The van der Waals surface area contributed by atoms with Gasteiger partial charge >= 0.3 is 0 Å². The molecule has 3 heteroatoms. The van der Waals surface area contributed by atoms with Crippen molar-refractivity contribution in [2.45, 2.75) is 25.3 Å². The molecule has 0 radical (unpaired) electrons. The predicted molar refractivity (Wildman–Crippen MR) is 83.9 cm³/mol. The van der Waals surface area contributed by atoms with Crippen molar-refractivity contribution >= 4 is 0 Å². The highest BCUT2D eigenvalue weighted by Gasteiger charge is 2.13. The van der Waals surface area contributed by atoms with E-state index in [1.165, 1.54) is 11.1 Å². The Labute approximate surface area is 125 Å². The van der Waals surface area contributed by atoms with Crippen molar-refractivity contribution in [3.8, 4) is 11.5 Å². The number of benzene rings is 2. The Bertz CT molecular complexity index is 607. The van der Waals surface area contributed by atoms with Crippen LogP contribution in [0.5, 0.6) is 11.5 Å². The van der Waals surface area contributed by atoms with E-state index >= 15 is 0 Å². The normalized spacial score (nSPS) is 14.4. The molecule has 0 fully saturated rings. The van der Waals surface area contributed by atoms with Crippen molar-refractivity contribution < 1.29 is 9.47 Å². The van der Waals surface area contributed by atoms with Gasteiger partial charge in [-0.1, -0.05) is 24.3 Å². The minimum atomic E-state index is 0.0559. The zero-order chi connectivity index (χ0) is 14.7. The first kappa shape index (κ1) is 14.0. The van der Waals surface area contributed by atoms with E-state index in [1.54, 1.807) is 7.11 Å². The lowest BCUT2D eigenvalue weighted by molar-refractivity contribution is 0.357. The van der Waals surface area contributed by atoms with Crippen molar-refractivity contribution in [3.63, 3.8) is 0 Å². The lowest BCUT2D eigenvalue weighted by atomic mass is 9.98. The van der Waals surface area contributed by atoms with Crippen molar-refractivity contribution in [2.75, 3.05) is 13.7 Å². The molecule has 1 aliphatic rings. The fourth-order valence-electron chi connectivity index (χ4n) is 2.74. The molecule has 0 bridgehead atoms. The van der Waals surface area contributed by atoms with Crippen LogP contribution in [0.1, 0.15) is 29.2 Å².